The van der Waals surface area contributed by atoms with E-state index in [-0.39, 0.29) is 42.7 Å². The topological polar surface area (TPSA) is 89.2 Å². The van der Waals surface area contributed by atoms with Gasteiger partial charge in [0.15, 0.2) is 0 Å². The standard InChI is InChI=1S/C23H23FN4O2/c24-18-8-4-7-16(9-18)17-10-21-23(30)26-13-19(28(21)14-17)11-22(29)27-20(12-25)15-5-2-1-3-6-15/h1-10,14,19-20H,11-13,25H2,(H,26,30)(H,27,29)/t19?,20-/m1/s1. The highest BCUT2D eigenvalue weighted by molar-refractivity contribution is 5.95. The van der Waals surface area contributed by atoms with E-state index < -0.39 is 0 Å². The molecule has 2 aromatic carbocycles. The van der Waals surface area contributed by atoms with Crippen LogP contribution in [0.4, 0.5) is 4.39 Å². The van der Waals surface area contributed by atoms with E-state index in [0.717, 1.165) is 11.1 Å². The summed E-state index contributed by atoms with van der Waals surface area (Å²) >= 11 is 0. The van der Waals surface area contributed by atoms with Crippen LogP contribution in [-0.2, 0) is 4.79 Å². The number of carbonyl (C=O) groups excluding carboxylic acids is 2. The molecule has 2 amide bonds. The van der Waals surface area contributed by atoms with E-state index in [1.54, 1.807) is 29.0 Å². The first-order chi connectivity index (χ1) is 14.5. The Morgan fingerprint density at radius 1 is 1.17 bits per heavy atom. The van der Waals surface area contributed by atoms with Crippen LogP contribution in [0.1, 0.15) is 34.6 Å². The average molecular weight is 406 g/mol. The molecule has 7 heteroatoms. The summed E-state index contributed by atoms with van der Waals surface area (Å²) in [6.45, 7) is 0.630. The van der Waals surface area contributed by atoms with Crippen molar-refractivity contribution in [3.63, 3.8) is 0 Å². The Morgan fingerprint density at radius 2 is 1.97 bits per heavy atom. The van der Waals surface area contributed by atoms with Gasteiger partial charge >= 0.3 is 0 Å². The number of aromatic nitrogens is 1. The number of rotatable bonds is 6. The number of carbonyl (C=O) groups is 2. The lowest BCUT2D eigenvalue weighted by Gasteiger charge is -2.27. The van der Waals surface area contributed by atoms with Gasteiger partial charge in [-0.25, -0.2) is 4.39 Å². The Labute approximate surface area is 173 Å². The molecule has 0 aliphatic carbocycles. The van der Waals surface area contributed by atoms with Crippen molar-refractivity contribution < 1.29 is 14.0 Å². The molecule has 0 radical (unpaired) electrons. The van der Waals surface area contributed by atoms with Gasteiger partial charge in [0.05, 0.1) is 12.1 Å². The number of nitrogens with two attached hydrogens (primary N) is 1. The molecule has 0 fully saturated rings. The first-order valence-corrected chi connectivity index (χ1v) is 9.85. The molecule has 1 aromatic heterocycles. The fourth-order valence-electron chi connectivity index (χ4n) is 3.79. The van der Waals surface area contributed by atoms with Gasteiger partial charge < -0.3 is 20.9 Å². The summed E-state index contributed by atoms with van der Waals surface area (Å²) in [4.78, 5) is 25.0. The third-order valence-electron chi connectivity index (χ3n) is 5.32. The van der Waals surface area contributed by atoms with E-state index in [0.29, 0.717) is 17.8 Å². The second-order valence-corrected chi connectivity index (χ2v) is 7.37. The number of nitrogens with zero attached hydrogens (tertiary/aromatic N) is 1. The number of hydrogen-bond acceptors (Lipinski definition) is 3. The van der Waals surface area contributed by atoms with Crippen molar-refractivity contribution in [3.05, 3.63) is 83.9 Å². The average Bonchev–Trinajstić information content (AvgIpc) is 3.21. The van der Waals surface area contributed by atoms with Gasteiger partial charge in [-0.1, -0.05) is 42.5 Å². The van der Waals surface area contributed by atoms with Crippen LogP contribution in [-0.4, -0.2) is 29.5 Å². The highest BCUT2D eigenvalue weighted by Gasteiger charge is 2.28. The van der Waals surface area contributed by atoms with Crippen molar-refractivity contribution in [2.45, 2.75) is 18.5 Å². The minimum Gasteiger partial charge on any atom is -0.349 e. The number of halogens is 1. The van der Waals surface area contributed by atoms with Gasteiger partial charge in [0, 0.05) is 31.3 Å². The highest BCUT2D eigenvalue weighted by atomic mass is 19.1. The SMILES string of the molecule is NC[C@@H](NC(=O)CC1CNC(=O)c2cc(-c3cccc(F)c3)cn21)c1ccccc1. The van der Waals surface area contributed by atoms with Gasteiger partial charge in [-0.05, 0) is 29.3 Å². The van der Waals surface area contributed by atoms with Crippen LogP contribution >= 0.6 is 0 Å². The van der Waals surface area contributed by atoms with Crippen molar-refractivity contribution in [1.82, 2.24) is 15.2 Å². The molecule has 1 aliphatic heterocycles. The summed E-state index contributed by atoms with van der Waals surface area (Å²) < 4.78 is 15.4. The normalized spacial score (nSPS) is 16.5. The molecular weight excluding hydrogens is 383 g/mol. The third kappa shape index (κ3) is 4.11. The van der Waals surface area contributed by atoms with Crippen LogP contribution in [0.3, 0.4) is 0 Å². The molecule has 154 valence electrons. The number of amides is 2. The summed E-state index contributed by atoms with van der Waals surface area (Å²) in [7, 11) is 0. The molecule has 0 saturated carbocycles. The van der Waals surface area contributed by atoms with Crippen molar-refractivity contribution in [2.75, 3.05) is 13.1 Å². The minimum absolute atomic E-state index is 0.151. The van der Waals surface area contributed by atoms with Crippen LogP contribution < -0.4 is 16.4 Å². The second kappa shape index (κ2) is 8.51. The Hall–Kier alpha value is -3.45. The predicted octanol–water partition coefficient (Wildman–Crippen LogP) is 2.79. The van der Waals surface area contributed by atoms with Crippen molar-refractivity contribution in [2.24, 2.45) is 5.73 Å². The van der Waals surface area contributed by atoms with Crippen molar-refractivity contribution >= 4 is 11.8 Å². The van der Waals surface area contributed by atoms with Gasteiger partial charge in [0.1, 0.15) is 11.5 Å². The zero-order valence-corrected chi connectivity index (χ0v) is 16.3. The third-order valence-corrected chi connectivity index (χ3v) is 5.32. The fraction of sp³-hybridized carbons (Fsp3) is 0.217. The zero-order valence-electron chi connectivity index (χ0n) is 16.3. The van der Waals surface area contributed by atoms with Crippen LogP contribution in [0, 0.1) is 5.82 Å². The van der Waals surface area contributed by atoms with Crippen LogP contribution in [0.25, 0.3) is 11.1 Å². The Morgan fingerprint density at radius 3 is 2.70 bits per heavy atom. The van der Waals surface area contributed by atoms with Crippen molar-refractivity contribution in [3.8, 4) is 11.1 Å². The number of nitrogens with one attached hydrogen (secondary N) is 2. The van der Waals surface area contributed by atoms with E-state index in [1.165, 1.54) is 12.1 Å². The van der Waals surface area contributed by atoms with Gasteiger partial charge in [0.2, 0.25) is 5.91 Å². The molecule has 1 unspecified atom stereocenters. The molecule has 30 heavy (non-hydrogen) atoms. The Kier molecular flexibility index (Phi) is 5.63. The molecule has 3 aromatic rings. The summed E-state index contributed by atoms with van der Waals surface area (Å²) in [6, 6.07) is 17.0. The van der Waals surface area contributed by atoms with E-state index in [9.17, 15) is 14.0 Å². The maximum atomic E-state index is 13.6. The van der Waals surface area contributed by atoms with Crippen molar-refractivity contribution in [1.29, 1.82) is 0 Å². The largest absolute Gasteiger partial charge is 0.349 e. The summed E-state index contributed by atoms with van der Waals surface area (Å²) in [5.74, 6) is -0.702. The molecule has 4 rings (SSSR count). The molecule has 0 bridgehead atoms. The Balaban J connectivity index is 1.53. The molecule has 0 spiro atoms. The fourth-order valence-corrected chi connectivity index (χ4v) is 3.79. The lowest BCUT2D eigenvalue weighted by atomic mass is 10.1. The van der Waals surface area contributed by atoms with Crippen LogP contribution in [0.15, 0.2) is 66.9 Å². The molecule has 1 aliphatic rings. The zero-order chi connectivity index (χ0) is 21.1. The van der Waals surface area contributed by atoms with Crippen LogP contribution in [0.5, 0.6) is 0 Å². The number of fused-ring (bicyclic) bond motifs is 1. The van der Waals surface area contributed by atoms with Gasteiger partial charge in [-0.15, -0.1) is 0 Å². The predicted molar refractivity (Wildman–Crippen MR) is 112 cm³/mol. The highest BCUT2D eigenvalue weighted by Crippen LogP contribution is 2.28. The van der Waals surface area contributed by atoms with E-state index in [4.69, 9.17) is 5.73 Å². The lowest BCUT2D eigenvalue weighted by Crippen LogP contribution is -2.41. The molecule has 2 atom stereocenters. The van der Waals surface area contributed by atoms with E-state index in [2.05, 4.69) is 10.6 Å². The summed E-state index contributed by atoms with van der Waals surface area (Å²) in [6.07, 6.45) is 1.99. The first-order valence-electron chi connectivity index (χ1n) is 9.85. The number of benzene rings is 2. The van der Waals surface area contributed by atoms with Crippen LogP contribution in [0.2, 0.25) is 0 Å². The molecule has 4 N–H and O–H groups in total. The quantitative estimate of drug-likeness (QED) is 0.588. The van der Waals surface area contributed by atoms with Gasteiger partial charge in [-0.2, -0.15) is 0 Å². The second-order valence-electron chi connectivity index (χ2n) is 7.37. The molecular formula is C23H23FN4O2. The summed E-state index contributed by atoms with van der Waals surface area (Å²) in [5.41, 5.74) is 8.67. The maximum absolute atomic E-state index is 13.6. The Bertz CT molecular complexity index is 1060. The molecule has 2 heterocycles. The van der Waals surface area contributed by atoms with Gasteiger partial charge in [0.25, 0.3) is 5.91 Å². The maximum Gasteiger partial charge on any atom is 0.268 e. The summed E-state index contributed by atoms with van der Waals surface area (Å²) in [5, 5.41) is 5.81. The smallest absolute Gasteiger partial charge is 0.268 e. The minimum atomic E-state index is -0.342. The first kappa shape index (κ1) is 19.8. The van der Waals surface area contributed by atoms with E-state index >= 15 is 0 Å². The van der Waals surface area contributed by atoms with Gasteiger partial charge in [-0.3, -0.25) is 9.59 Å². The number of hydrogen-bond donors (Lipinski definition) is 3. The molecule has 0 saturated heterocycles. The van der Waals surface area contributed by atoms with E-state index in [1.807, 2.05) is 30.3 Å². The lowest BCUT2D eigenvalue weighted by molar-refractivity contribution is -0.122. The monoisotopic (exact) mass is 406 g/mol. The molecule has 6 nitrogen and oxygen atoms in total.